The highest BCUT2D eigenvalue weighted by Gasteiger charge is 2.49. The number of hydrogen-bond donors (Lipinski definition) is 0. The number of ether oxygens (including phenoxy) is 6. The standard InChI is InChI=1S/C40H55F3O11SSi/c1-25(26(2)54-56(11,12)37(3,4)5)16-21-31(48-24-27-17-19-29(47-10)20-18-27)35-32(49-38(6,7)51-35)15-13-14-28-22-30(53-55(45,46)40(41,42)43)23-33-34(28)36(44)52-39(8,9)50-33/h13-14,16-23,25-26,31-32,35H,15,24H2,1-12H3/t25-,26+,31?,32+,35-/m1/s1. The zero-order valence-electron chi connectivity index (χ0n) is 34.1. The van der Waals surface area contributed by atoms with Crippen LogP contribution in [0.1, 0.15) is 90.2 Å². The molecule has 0 spiro atoms. The summed E-state index contributed by atoms with van der Waals surface area (Å²) in [5.74, 6) is -3.52. The minimum absolute atomic E-state index is 0.00171. The van der Waals surface area contributed by atoms with Gasteiger partial charge >= 0.3 is 21.6 Å². The number of halogens is 3. The summed E-state index contributed by atoms with van der Waals surface area (Å²) in [4.78, 5) is 13.1. The second-order valence-corrected chi connectivity index (χ2v) is 22.8. The topological polar surface area (TPSA) is 125 Å². The van der Waals surface area contributed by atoms with Crippen molar-refractivity contribution in [3.05, 3.63) is 71.3 Å². The van der Waals surface area contributed by atoms with Gasteiger partial charge in [0.1, 0.15) is 35.0 Å². The fourth-order valence-electron chi connectivity index (χ4n) is 5.84. The molecule has 2 aliphatic heterocycles. The molecule has 312 valence electrons. The molecule has 2 aromatic carbocycles. The molecule has 11 nitrogen and oxygen atoms in total. The Kier molecular flexibility index (Phi) is 13.6. The number of fused-ring (bicyclic) bond motifs is 1. The molecule has 0 bridgehead atoms. The molecule has 2 heterocycles. The molecule has 2 aliphatic rings. The van der Waals surface area contributed by atoms with Crippen LogP contribution in [0, 0.1) is 5.92 Å². The van der Waals surface area contributed by atoms with Crippen molar-refractivity contribution in [2.75, 3.05) is 7.11 Å². The number of rotatable bonds is 15. The Balaban J connectivity index is 1.65. The first-order valence-corrected chi connectivity index (χ1v) is 22.7. The third-order valence-corrected chi connectivity index (χ3v) is 15.5. The Bertz CT molecular complexity index is 1870. The van der Waals surface area contributed by atoms with Gasteiger partial charge < -0.3 is 37.0 Å². The summed E-state index contributed by atoms with van der Waals surface area (Å²) in [6, 6.07) is 9.39. The molecule has 1 fully saturated rings. The number of alkyl halides is 3. The van der Waals surface area contributed by atoms with Gasteiger partial charge in [0, 0.05) is 26.0 Å². The van der Waals surface area contributed by atoms with Crippen LogP contribution in [0.3, 0.4) is 0 Å². The molecule has 0 aromatic heterocycles. The molecule has 0 N–H and O–H groups in total. The number of methoxy groups -OCH3 is 1. The summed E-state index contributed by atoms with van der Waals surface area (Å²) >= 11 is 0. The van der Waals surface area contributed by atoms with Crippen LogP contribution in [0.25, 0.3) is 6.08 Å². The monoisotopic (exact) mass is 828 g/mol. The van der Waals surface area contributed by atoms with Gasteiger partial charge in [-0.3, -0.25) is 0 Å². The number of benzene rings is 2. The maximum absolute atomic E-state index is 13.2. The van der Waals surface area contributed by atoms with Crippen molar-refractivity contribution in [1.82, 2.24) is 0 Å². The Hall–Kier alpha value is -3.41. The lowest BCUT2D eigenvalue weighted by atomic mass is 9.99. The average molecular weight is 829 g/mol. The van der Waals surface area contributed by atoms with Gasteiger partial charge in [0.25, 0.3) is 0 Å². The smallest absolute Gasteiger partial charge is 0.497 e. The lowest BCUT2D eigenvalue weighted by Crippen LogP contribution is -2.44. The molecule has 0 saturated carbocycles. The van der Waals surface area contributed by atoms with E-state index in [-0.39, 0.29) is 47.0 Å². The summed E-state index contributed by atoms with van der Waals surface area (Å²) in [6.07, 6.45) is 5.34. The molecule has 0 amide bonds. The molecule has 56 heavy (non-hydrogen) atoms. The molecule has 1 saturated heterocycles. The Morgan fingerprint density at radius 3 is 2.16 bits per heavy atom. The number of cyclic esters (lactones) is 1. The maximum Gasteiger partial charge on any atom is 0.534 e. The van der Waals surface area contributed by atoms with Crippen LogP contribution in [-0.4, -0.2) is 71.3 Å². The summed E-state index contributed by atoms with van der Waals surface area (Å²) in [5.41, 5.74) is -4.90. The van der Waals surface area contributed by atoms with Crippen LogP contribution in [0.5, 0.6) is 17.2 Å². The first-order chi connectivity index (χ1) is 25.6. The van der Waals surface area contributed by atoms with E-state index in [4.69, 9.17) is 32.8 Å². The second-order valence-electron chi connectivity index (χ2n) is 16.5. The Morgan fingerprint density at radius 1 is 0.929 bits per heavy atom. The van der Waals surface area contributed by atoms with E-state index < -0.39 is 65.5 Å². The predicted octanol–water partition coefficient (Wildman–Crippen LogP) is 9.32. The predicted molar refractivity (Wildman–Crippen MR) is 207 cm³/mol. The van der Waals surface area contributed by atoms with Gasteiger partial charge in [0.15, 0.2) is 14.1 Å². The van der Waals surface area contributed by atoms with Crippen molar-refractivity contribution < 1.29 is 63.4 Å². The van der Waals surface area contributed by atoms with Crippen LogP contribution < -0.4 is 13.7 Å². The van der Waals surface area contributed by atoms with Crippen molar-refractivity contribution in [1.29, 1.82) is 0 Å². The van der Waals surface area contributed by atoms with Crippen LogP contribution in [0.2, 0.25) is 18.1 Å². The molecule has 16 heteroatoms. The van der Waals surface area contributed by atoms with Gasteiger partial charge in [-0.15, -0.1) is 0 Å². The summed E-state index contributed by atoms with van der Waals surface area (Å²) in [6.45, 7) is 21.8. The molecular weight excluding hydrogens is 774 g/mol. The number of hydrogen-bond acceptors (Lipinski definition) is 11. The zero-order chi connectivity index (χ0) is 42.1. The van der Waals surface area contributed by atoms with Crippen molar-refractivity contribution >= 4 is 30.5 Å². The lowest BCUT2D eigenvalue weighted by Gasteiger charge is -2.39. The minimum atomic E-state index is -6.03. The van der Waals surface area contributed by atoms with Crippen LogP contribution in [0.15, 0.2) is 54.6 Å². The molecule has 0 aliphatic carbocycles. The van der Waals surface area contributed by atoms with E-state index in [9.17, 15) is 26.4 Å². The van der Waals surface area contributed by atoms with Gasteiger partial charge in [-0.05, 0) is 80.6 Å². The summed E-state index contributed by atoms with van der Waals surface area (Å²) in [5, 5.41) is 0.0361. The third kappa shape index (κ3) is 11.4. The highest BCUT2D eigenvalue weighted by molar-refractivity contribution is 7.88. The first kappa shape index (κ1) is 45.3. The third-order valence-electron chi connectivity index (χ3n) is 9.94. The fraction of sp³-hybridized carbons (Fsp3) is 0.575. The quantitative estimate of drug-likeness (QED) is 0.0561. The lowest BCUT2D eigenvalue weighted by molar-refractivity contribution is -0.156. The fourth-order valence-corrected chi connectivity index (χ4v) is 7.78. The highest BCUT2D eigenvalue weighted by Crippen LogP contribution is 2.41. The average Bonchev–Trinajstić information content (AvgIpc) is 3.36. The molecule has 5 atom stereocenters. The first-order valence-electron chi connectivity index (χ1n) is 18.4. The van der Waals surface area contributed by atoms with E-state index in [1.165, 1.54) is 19.9 Å². The van der Waals surface area contributed by atoms with Crippen molar-refractivity contribution in [2.24, 2.45) is 5.92 Å². The second kappa shape index (κ2) is 16.8. The van der Waals surface area contributed by atoms with Crippen molar-refractivity contribution in [3.8, 4) is 17.2 Å². The zero-order valence-corrected chi connectivity index (χ0v) is 35.9. The van der Waals surface area contributed by atoms with Crippen LogP contribution in [0.4, 0.5) is 13.2 Å². The number of carbonyl (C=O) groups excluding carboxylic acids is 1. The van der Waals surface area contributed by atoms with Gasteiger partial charge in [-0.25, -0.2) is 4.79 Å². The summed E-state index contributed by atoms with van der Waals surface area (Å²) < 4.78 is 110. The number of esters is 1. The largest absolute Gasteiger partial charge is 0.534 e. The van der Waals surface area contributed by atoms with E-state index in [0.717, 1.165) is 17.7 Å². The van der Waals surface area contributed by atoms with Gasteiger partial charge in [-0.1, -0.05) is 64.1 Å². The van der Waals surface area contributed by atoms with Gasteiger partial charge in [-0.2, -0.15) is 21.6 Å². The molecule has 4 rings (SSSR count). The SMILES string of the molecule is COc1ccc(COC(C=C[C@@H](C)[C@H](C)O[Si](C)(C)C(C)(C)C)[C@H]2OC(C)(C)O[C@H]2CC=Cc2cc(OS(=O)(=O)C(F)(F)F)cc3c2C(=O)OC(C)(C)O3)cc1. The summed E-state index contributed by atoms with van der Waals surface area (Å²) in [7, 11) is -6.48. The van der Waals surface area contributed by atoms with Crippen molar-refractivity contribution in [2.45, 2.75) is 135 Å². The van der Waals surface area contributed by atoms with Crippen LogP contribution >= 0.6 is 0 Å². The van der Waals surface area contributed by atoms with E-state index in [0.29, 0.717) is 5.75 Å². The van der Waals surface area contributed by atoms with E-state index >= 15 is 0 Å². The molecule has 1 unspecified atom stereocenters. The van der Waals surface area contributed by atoms with E-state index in [1.807, 2.05) is 30.3 Å². The number of carbonyl (C=O) groups is 1. The maximum atomic E-state index is 13.2. The Labute approximate surface area is 329 Å². The van der Waals surface area contributed by atoms with E-state index in [1.54, 1.807) is 27.0 Å². The molecular formula is C40H55F3O11SSi. The van der Waals surface area contributed by atoms with Gasteiger partial charge in [0.05, 0.1) is 19.8 Å². The molecule has 2 aromatic rings. The molecule has 0 radical (unpaired) electrons. The highest BCUT2D eigenvalue weighted by atomic mass is 32.2. The normalized spacial score (nSPS) is 21.7. The van der Waals surface area contributed by atoms with Crippen molar-refractivity contribution in [3.63, 3.8) is 0 Å². The van der Waals surface area contributed by atoms with Gasteiger partial charge in [0.2, 0.25) is 5.79 Å². The van der Waals surface area contributed by atoms with Crippen LogP contribution in [-0.2, 0) is 40.1 Å². The minimum Gasteiger partial charge on any atom is -0.497 e. The van der Waals surface area contributed by atoms with E-state index in [2.05, 4.69) is 58.0 Å². The Morgan fingerprint density at radius 2 is 1.57 bits per heavy atom.